The molecule has 1 aliphatic rings. The fourth-order valence-corrected chi connectivity index (χ4v) is 3.89. The maximum Gasteiger partial charge on any atom is 0.154 e. The highest BCUT2D eigenvalue weighted by Crippen LogP contribution is 2.27. The SMILES string of the molecule is CC(C)Cc1ccc(-c2cc3nccnc3c(NC[C@@H]3CCCNC3)n2)cc1F. The molecule has 3 heterocycles. The Morgan fingerprint density at radius 2 is 2.07 bits per heavy atom. The number of anilines is 1. The van der Waals surface area contributed by atoms with E-state index >= 15 is 0 Å². The highest BCUT2D eigenvalue weighted by atomic mass is 19.1. The number of fused-ring (bicyclic) bond motifs is 1. The number of benzene rings is 1. The largest absolute Gasteiger partial charge is 0.368 e. The summed E-state index contributed by atoms with van der Waals surface area (Å²) in [5.41, 5.74) is 3.71. The molecule has 1 fully saturated rings. The molecule has 0 spiro atoms. The summed E-state index contributed by atoms with van der Waals surface area (Å²) in [4.78, 5) is 13.7. The van der Waals surface area contributed by atoms with Crippen molar-refractivity contribution < 1.29 is 4.39 Å². The van der Waals surface area contributed by atoms with Gasteiger partial charge in [0.05, 0.1) is 11.2 Å². The molecule has 0 aliphatic carbocycles. The number of nitrogens with one attached hydrogen (secondary N) is 2. The second-order valence-corrected chi connectivity index (χ2v) is 8.28. The molecule has 0 radical (unpaired) electrons. The lowest BCUT2D eigenvalue weighted by Gasteiger charge is -2.23. The molecular formula is C23H28FN5. The third-order valence-corrected chi connectivity index (χ3v) is 5.39. The average Bonchev–Trinajstić information content (AvgIpc) is 2.73. The molecule has 152 valence electrons. The van der Waals surface area contributed by atoms with E-state index in [0.717, 1.165) is 48.2 Å². The van der Waals surface area contributed by atoms with Crippen LogP contribution in [0.15, 0.2) is 36.7 Å². The third-order valence-electron chi connectivity index (χ3n) is 5.39. The molecule has 1 aromatic carbocycles. The molecule has 0 saturated carbocycles. The van der Waals surface area contributed by atoms with Crippen molar-refractivity contribution in [1.82, 2.24) is 20.3 Å². The van der Waals surface area contributed by atoms with Crippen LogP contribution in [0.1, 0.15) is 32.3 Å². The number of aromatic nitrogens is 3. The van der Waals surface area contributed by atoms with Crippen LogP contribution in [0.2, 0.25) is 0 Å². The van der Waals surface area contributed by atoms with Crippen LogP contribution in [0, 0.1) is 17.7 Å². The van der Waals surface area contributed by atoms with E-state index in [0.29, 0.717) is 23.3 Å². The van der Waals surface area contributed by atoms with Gasteiger partial charge in [-0.05, 0) is 61.9 Å². The first-order valence-electron chi connectivity index (χ1n) is 10.5. The Hall–Kier alpha value is -2.60. The third kappa shape index (κ3) is 4.70. The molecule has 4 rings (SSSR count). The van der Waals surface area contributed by atoms with Gasteiger partial charge in [-0.2, -0.15) is 0 Å². The van der Waals surface area contributed by atoms with Crippen molar-refractivity contribution in [3.05, 3.63) is 48.0 Å². The van der Waals surface area contributed by atoms with Gasteiger partial charge in [-0.1, -0.05) is 26.0 Å². The smallest absolute Gasteiger partial charge is 0.154 e. The normalized spacial score (nSPS) is 17.0. The maximum atomic E-state index is 14.6. The van der Waals surface area contributed by atoms with Gasteiger partial charge in [0.2, 0.25) is 0 Å². The summed E-state index contributed by atoms with van der Waals surface area (Å²) in [6.07, 6.45) is 6.48. The van der Waals surface area contributed by atoms with Crippen molar-refractivity contribution in [3.8, 4) is 11.3 Å². The molecule has 0 amide bonds. The van der Waals surface area contributed by atoms with Gasteiger partial charge in [0.1, 0.15) is 11.3 Å². The highest BCUT2D eigenvalue weighted by Gasteiger charge is 2.16. The summed E-state index contributed by atoms with van der Waals surface area (Å²) in [6.45, 7) is 7.13. The molecule has 1 atom stereocenters. The molecule has 29 heavy (non-hydrogen) atoms. The van der Waals surface area contributed by atoms with Gasteiger partial charge in [0, 0.05) is 24.5 Å². The molecule has 5 nitrogen and oxygen atoms in total. The van der Waals surface area contributed by atoms with Crippen molar-refractivity contribution in [1.29, 1.82) is 0 Å². The molecule has 0 bridgehead atoms. The predicted octanol–water partition coefficient (Wildman–Crippen LogP) is 4.44. The minimum atomic E-state index is -0.181. The van der Waals surface area contributed by atoms with Crippen LogP contribution >= 0.6 is 0 Å². The first-order chi connectivity index (χ1) is 14.1. The zero-order valence-corrected chi connectivity index (χ0v) is 17.1. The summed E-state index contributed by atoms with van der Waals surface area (Å²) in [5, 5.41) is 6.91. The van der Waals surface area contributed by atoms with Crippen LogP contribution in [-0.4, -0.2) is 34.6 Å². The van der Waals surface area contributed by atoms with E-state index in [4.69, 9.17) is 4.98 Å². The molecule has 6 heteroatoms. The van der Waals surface area contributed by atoms with Crippen molar-refractivity contribution in [3.63, 3.8) is 0 Å². The minimum absolute atomic E-state index is 0.181. The molecule has 3 aromatic rings. The van der Waals surface area contributed by atoms with E-state index in [1.165, 1.54) is 12.8 Å². The molecule has 2 aromatic heterocycles. The minimum Gasteiger partial charge on any atom is -0.368 e. The first kappa shape index (κ1) is 19.7. The van der Waals surface area contributed by atoms with Crippen LogP contribution < -0.4 is 10.6 Å². The van der Waals surface area contributed by atoms with Crippen molar-refractivity contribution in [2.45, 2.75) is 33.1 Å². The fourth-order valence-electron chi connectivity index (χ4n) is 3.89. The number of hydrogen-bond acceptors (Lipinski definition) is 5. The lowest BCUT2D eigenvalue weighted by atomic mass is 9.99. The van der Waals surface area contributed by atoms with Crippen LogP contribution in [0.3, 0.4) is 0 Å². The Balaban J connectivity index is 1.65. The Morgan fingerprint density at radius 1 is 1.21 bits per heavy atom. The van der Waals surface area contributed by atoms with Gasteiger partial charge in [-0.15, -0.1) is 0 Å². The van der Waals surface area contributed by atoms with Gasteiger partial charge in [0.15, 0.2) is 5.82 Å². The second-order valence-electron chi connectivity index (χ2n) is 8.28. The van der Waals surface area contributed by atoms with Gasteiger partial charge in [0.25, 0.3) is 0 Å². The van der Waals surface area contributed by atoms with Crippen molar-refractivity contribution in [2.75, 3.05) is 25.0 Å². The van der Waals surface area contributed by atoms with Crippen molar-refractivity contribution >= 4 is 16.9 Å². The zero-order chi connectivity index (χ0) is 20.2. The van der Waals surface area contributed by atoms with E-state index < -0.39 is 0 Å². The van der Waals surface area contributed by atoms with Gasteiger partial charge in [-0.25, -0.2) is 14.4 Å². The monoisotopic (exact) mass is 393 g/mol. The summed E-state index contributed by atoms with van der Waals surface area (Å²) in [5.74, 6) is 1.51. The Kier molecular flexibility index (Phi) is 6.00. The van der Waals surface area contributed by atoms with E-state index in [9.17, 15) is 4.39 Å². The maximum absolute atomic E-state index is 14.6. The van der Waals surface area contributed by atoms with Crippen LogP contribution in [0.5, 0.6) is 0 Å². The predicted molar refractivity (Wildman–Crippen MR) is 115 cm³/mol. The van der Waals surface area contributed by atoms with Crippen molar-refractivity contribution in [2.24, 2.45) is 11.8 Å². The summed E-state index contributed by atoms with van der Waals surface area (Å²) >= 11 is 0. The van der Waals surface area contributed by atoms with Crippen LogP contribution in [0.4, 0.5) is 10.2 Å². The van der Waals surface area contributed by atoms with E-state index in [1.807, 2.05) is 18.2 Å². The fraction of sp³-hybridized carbons (Fsp3) is 0.435. The zero-order valence-electron chi connectivity index (χ0n) is 17.1. The Labute approximate surface area is 171 Å². The van der Waals surface area contributed by atoms with Crippen LogP contribution in [-0.2, 0) is 6.42 Å². The number of hydrogen-bond donors (Lipinski definition) is 2. The summed E-state index contributed by atoms with van der Waals surface area (Å²) in [7, 11) is 0. The lowest BCUT2D eigenvalue weighted by molar-refractivity contribution is 0.392. The van der Waals surface area contributed by atoms with Crippen LogP contribution in [0.25, 0.3) is 22.3 Å². The Morgan fingerprint density at radius 3 is 2.83 bits per heavy atom. The molecule has 2 N–H and O–H groups in total. The lowest BCUT2D eigenvalue weighted by Crippen LogP contribution is -2.33. The molecular weight excluding hydrogens is 365 g/mol. The quantitative estimate of drug-likeness (QED) is 0.648. The number of nitrogens with zero attached hydrogens (tertiary/aromatic N) is 3. The van der Waals surface area contributed by atoms with Gasteiger partial charge < -0.3 is 10.6 Å². The van der Waals surface area contributed by atoms with E-state index in [-0.39, 0.29) is 5.82 Å². The average molecular weight is 394 g/mol. The van der Waals surface area contributed by atoms with E-state index in [2.05, 4.69) is 34.4 Å². The molecule has 1 aliphatic heterocycles. The summed E-state index contributed by atoms with van der Waals surface area (Å²) in [6, 6.07) is 7.28. The molecule has 1 saturated heterocycles. The second kappa shape index (κ2) is 8.82. The van der Waals surface area contributed by atoms with Gasteiger partial charge in [-0.3, -0.25) is 4.98 Å². The highest BCUT2D eigenvalue weighted by molar-refractivity contribution is 5.88. The first-order valence-corrected chi connectivity index (χ1v) is 10.5. The van der Waals surface area contributed by atoms with E-state index in [1.54, 1.807) is 18.5 Å². The number of halogens is 1. The topological polar surface area (TPSA) is 62.7 Å². The number of rotatable bonds is 6. The molecule has 0 unspecified atom stereocenters. The number of piperidine rings is 1. The number of pyridine rings is 1. The standard InChI is InChI=1S/C23H28FN5/c1-15(2)10-17-5-6-18(11-19(17)24)20-12-21-22(27-9-8-26-21)23(29-20)28-14-16-4-3-7-25-13-16/h5-6,8-9,11-12,15-16,25H,3-4,7,10,13-14H2,1-2H3,(H,28,29)/t16-/m1/s1. The summed E-state index contributed by atoms with van der Waals surface area (Å²) < 4.78 is 14.6. The van der Waals surface area contributed by atoms with Gasteiger partial charge >= 0.3 is 0 Å². The Bertz CT molecular complexity index is 982.